The van der Waals surface area contributed by atoms with Crippen molar-refractivity contribution in [3.05, 3.63) is 65.8 Å². The molecule has 2 nitrogen and oxygen atoms in total. The van der Waals surface area contributed by atoms with Gasteiger partial charge in [0, 0.05) is 18.3 Å². The van der Waals surface area contributed by atoms with Crippen LogP contribution < -0.4 is 0 Å². The van der Waals surface area contributed by atoms with E-state index in [9.17, 15) is 9.59 Å². The maximum Gasteiger partial charge on any atom is 0.150 e. The summed E-state index contributed by atoms with van der Waals surface area (Å²) in [6, 6.07) is 11.6. The Hall–Kier alpha value is -0.760. The van der Waals surface area contributed by atoms with Crippen LogP contribution in [0.5, 0.6) is 0 Å². The summed E-state index contributed by atoms with van der Waals surface area (Å²) in [6.45, 7) is 3.86. The van der Waals surface area contributed by atoms with Crippen molar-refractivity contribution in [3.63, 3.8) is 0 Å². The van der Waals surface area contributed by atoms with Gasteiger partial charge in [-0.1, -0.05) is 12.1 Å². The number of halogens is 2. The smallest absolute Gasteiger partial charge is 0.150 e. The summed E-state index contributed by atoms with van der Waals surface area (Å²) in [6.07, 6.45) is 1.77. The molecule has 0 unspecified atom stereocenters. The van der Waals surface area contributed by atoms with E-state index in [-0.39, 0.29) is 0 Å². The predicted octanol–water partition coefficient (Wildman–Crippen LogP) is 4.82. The zero-order valence-electron chi connectivity index (χ0n) is 11.2. The number of benzene rings is 2. The summed E-state index contributed by atoms with van der Waals surface area (Å²) in [7, 11) is 0. The first-order valence-corrected chi connectivity index (χ1v) is 8.06. The van der Waals surface area contributed by atoms with Crippen molar-refractivity contribution in [3.8, 4) is 0 Å². The van der Waals surface area contributed by atoms with Crippen LogP contribution in [0.15, 0.2) is 36.4 Å². The van der Waals surface area contributed by atoms with Gasteiger partial charge in [-0.3, -0.25) is 9.59 Å². The average molecular weight is 492 g/mol. The van der Waals surface area contributed by atoms with Gasteiger partial charge < -0.3 is 0 Å². The fourth-order valence-corrected chi connectivity index (χ4v) is 2.51. The summed E-state index contributed by atoms with van der Waals surface area (Å²) < 4.78 is 2.20. The molecule has 0 aliphatic heterocycles. The van der Waals surface area contributed by atoms with Crippen molar-refractivity contribution in [2.75, 3.05) is 0 Å². The van der Waals surface area contributed by atoms with Crippen LogP contribution in [0.2, 0.25) is 0 Å². The molecule has 0 atom stereocenters. The fraction of sp³-hybridized carbons (Fsp3) is 0.125. The molecule has 0 fully saturated rings. The highest BCUT2D eigenvalue weighted by Crippen LogP contribution is 2.11. The van der Waals surface area contributed by atoms with Gasteiger partial charge in [0.05, 0.1) is 0 Å². The molecular weight excluding hydrogens is 478 g/mol. The third-order valence-corrected chi connectivity index (χ3v) is 4.08. The second kappa shape index (κ2) is 8.51. The van der Waals surface area contributed by atoms with E-state index < -0.39 is 0 Å². The molecule has 2 aromatic carbocycles. The Morgan fingerprint density at radius 1 is 0.750 bits per heavy atom. The van der Waals surface area contributed by atoms with E-state index >= 15 is 0 Å². The molecule has 0 saturated heterocycles. The molecule has 2 rings (SSSR count). The van der Waals surface area contributed by atoms with Gasteiger partial charge >= 0.3 is 0 Å². The molecule has 4 heteroatoms. The number of hydrogen-bond donors (Lipinski definition) is 0. The highest BCUT2D eigenvalue weighted by atomic mass is 127. The fourth-order valence-electron chi connectivity index (χ4n) is 1.48. The minimum Gasteiger partial charge on any atom is -0.298 e. The number of rotatable bonds is 2. The summed E-state index contributed by atoms with van der Waals surface area (Å²) in [5.41, 5.74) is 3.64. The predicted molar refractivity (Wildman–Crippen MR) is 98.6 cm³/mol. The molecule has 0 N–H and O–H groups in total. The third kappa shape index (κ3) is 5.32. The van der Waals surface area contributed by atoms with Crippen LogP contribution in [0.3, 0.4) is 0 Å². The largest absolute Gasteiger partial charge is 0.298 e. The molecule has 0 aliphatic rings. The third-order valence-electron chi connectivity index (χ3n) is 2.74. The molecule has 20 heavy (non-hydrogen) atoms. The molecule has 0 aliphatic carbocycles. The van der Waals surface area contributed by atoms with Crippen LogP contribution in [0.25, 0.3) is 0 Å². The van der Waals surface area contributed by atoms with E-state index in [0.29, 0.717) is 0 Å². The zero-order chi connectivity index (χ0) is 15.1. The highest BCUT2D eigenvalue weighted by Gasteiger charge is 1.95. The van der Waals surface area contributed by atoms with Gasteiger partial charge in [-0.25, -0.2) is 0 Å². The van der Waals surface area contributed by atoms with Gasteiger partial charge in [0.15, 0.2) is 0 Å². The van der Waals surface area contributed by atoms with Crippen molar-refractivity contribution in [1.29, 1.82) is 0 Å². The van der Waals surface area contributed by atoms with Crippen LogP contribution in [-0.2, 0) is 0 Å². The Balaban J connectivity index is 0.000000200. The normalized spacial score (nSPS) is 9.40. The number of aldehydes is 2. The first-order valence-electron chi connectivity index (χ1n) is 5.90. The lowest BCUT2D eigenvalue weighted by Crippen LogP contribution is -1.85. The lowest BCUT2D eigenvalue weighted by Gasteiger charge is -1.96. The van der Waals surface area contributed by atoms with Gasteiger partial charge in [-0.05, 0) is 94.4 Å². The van der Waals surface area contributed by atoms with Crippen molar-refractivity contribution < 1.29 is 9.59 Å². The lowest BCUT2D eigenvalue weighted by atomic mass is 10.1. The number of carbonyl (C=O) groups excluding carboxylic acids is 2. The molecule has 0 bridgehead atoms. The minimum atomic E-state index is 0.784. The second-order valence-electron chi connectivity index (χ2n) is 4.24. The van der Waals surface area contributed by atoms with Crippen LogP contribution in [0.4, 0.5) is 0 Å². The Labute approximate surface area is 146 Å². The Morgan fingerprint density at radius 2 is 1.10 bits per heavy atom. The molecule has 0 spiro atoms. The van der Waals surface area contributed by atoms with Crippen molar-refractivity contribution in [2.24, 2.45) is 0 Å². The Kier molecular flexibility index (Phi) is 7.36. The van der Waals surface area contributed by atoms with Crippen LogP contribution in [0.1, 0.15) is 31.8 Å². The Morgan fingerprint density at radius 3 is 1.35 bits per heavy atom. The minimum absolute atomic E-state index is 0.784. The van der Waals surface area contributed by atoms with E-state index in [1.165, 1.54) is 0 Å². The number of aryl methyl sites for hydroxylation is 2. The highest BCUT2D eigenvalue weighted by molar-refractivity contribution is 14.1. The van der Waals surface area contributed by atoms with E-state index in [0.717, 1.165) is 42.0 Å². The van der Waals surface area contributed by atoms with Gasteiger partial charge in [-0.2, -0.15) is 0 Å². The number of carbonyl (C=O) groups is 2. The summed E-state index contributed by atoms with van der Waals surface area (Å²) in [5, 5.41) is 0. The molecule has 0 heterocycles. The van der Waals surface area contributed by atoms with Gasteiger partial charge in [0.2, 0.25) is 0 Å². The number of hydrogen-bond acceptors (Lipinski definition) is 2. The monoisotopic (exact) mass is 492 g/mol. The standard InChI is InChI=1S/2C8H7IO/c2*1-6-2-3-8(9)4-7(6)5-10/h2*2-5H,1H3. The van der Waals surface area contributed by atoms with Crippen molar-refractivity contribution in [1.82, 2.24) is 0 Å². The van der Waals surface area contributed by atoms with Crippen LogP contribution in [-0.4, -0.2) is 12.6 Å². The van der Waals surface area contributed by atoms with Crippen LogP contribution in [0, 0.1) is 21.0 Å². The van der Waals surface area contributed by atoms with E-state index in [1.54, 1.807) is 0 Å². The first kappa shape index (κ1) is 17.3. The van der Waals surface area contributed by atoms with Crippen LogP contribution >= 0.6 is 45.2 Å². The average Bonchev–Trinajstić information content (AvgIpc) is 2.44. The molecule has 0 saturated carbocycles. The molecule has 2 aromatic rings. The SMILES string of the molecule is Cc1ccc(I)cc1C=O.Cc1ccc(I)cc1C=O. The molecule has 0 aromatic heterocycles. The summed E-state index contributed by atoms with van der Waals surface area (Å²) in [5.74, 6) is 0. The maximum atomic E-state index is 10.4. The molecule has 104 valence electrons. The van der Waals surface area contributed by atoms with E-state index in [2.05, 4.69) is 45.2 Å². The van der Waals surface area contributed by atoms with Gasteiger partial charge in [0.1, 0.15) is 12.6 Å². The summed E-state index contributed by atoms with van der Waals surface area (Å²) in [4.78, 5) is 20.8. The molecular formula is C16H14I2O2. The van der Waals surface area contributed by atoms with E-state index in [1.807, 2.05) is 50.2 Å². The molecule has 0 amide bonds. The topological polar surface area (TPSA) is 34.1 Å². The quantitative estimate of drug-likeness (QED) is 0.445. The second-order valence-corrected chi connectivity index (χ2v) is 6.73. The Bertz CT molecular complexity index is 566. The summed E-state index contributed by atoms with van der Waals surface area (Å²) >= 11 is 4.37. The lowest BCUT2D eigenvalue weighted by molar-refractivity contribution is 0.111. The van der Waals surface area contributed by atoms with Crippen molar-refractivity contribution >= 4 is 57.8 Å². The maximum absolute atomic E-state index is 10.4. The van der Waals surface area contributed by atoms with E-state index in [4.69, 9.17) is 0 Å². The van der Waals surface area contributed by atoms with Gasteiger partial charge in [0.25, 0.3) is 0 Å². The van der Waals surface area contributed by atoms with Crippen molar-refractivity contribution in [2.45, 2.75) is 13.8 Å². The first-order chi connectivity index (χ1) is 9.47. The zero-order valence-corrected chi connectivity index (χ0v) is 15.5. The molecule has 0 radical (unpaired) electrons. The van der Waals surface area contributed by atoms with Gasteiger partial charge in [-0.15, -0.1) is 0 Å².